The maximum atomic E-state index is 5.40. The van der Waals surface area contributed by atoms with E-state index in [-0.39, 0.29) is 5.41 Å². The van der Waals surface area contributed by atoms with Crippen LogP contribution in [0.1, 0.15) is 37.8 Å². The molecule has 0 atom stereocenters. The number of aromatic nitrogens is 3. The summed E-state index contributed by atoms with van der Waals surface area (Å²) in [4.78, 5) is 13.3. The maximum absolute atomic E-state index is 5.40. The van der Waals surface area contributed by atoms with Gasteiger partial charge in [0.1, 0.15) is 0 Å². The number of rotatable bonds is 5. The number of para-hydroxylation sites is 2. The summed E-state index contributed by atoms with van der Waals surface area (Å²) in [5.74, 6) is 0.644. The Labute approximate surface area is 332 Å². The minimum absolute atomic E-state index is 0.181. The number of hydrogen-bond acceptors (Lipinski definition) is 3. The Morgan fingerprint density at radius 2 is 1.23 bits per heavy atom. The number of allylic oxidation sites excluding steroid dienone is 3. The molecule has 0 saturated carbocycles. The molecule has 0 N–H and O–H groups in total. The van der Waals surface area contributed by atoms with Crippen molar-refractivity contribution in [2.75, 3.05) is 4.90 Å². The molecule has 1 aliphatic heterocycles. The molecule has 2 aliphatic rings. The van der Waals surface area contributed by atoms with Crippen LogP contribution in [0.15, 0.2) is 188 Å². The lowest BCUT2D eigenvalue weighted by molar-refractivity contribution is 0.630. The second kappa shape index (κ2) is 13.0. The molecule has 11 rings (SSSR count). The molecule has 0 radical (unpaired) electrons. The van der Waals surface area contributed by atoms with Crippen LogP contribution in [0.3, 0.4) is 0 Å². The SMILES string of the molecule is CC1(C)c2ccccc2N(C2=CCCC=C2)c2cc(-c3cccc4c5c6ccccc6ccc5n(-c5nc(-c6ccccc6)cc(-c6ccccc6)n5)c34)ccc21. The molecular formula is C53H40N4. The third kappa shape index (κ3) is 5.28. The summed E-state index contributed by atoms with van der Waals surface area (Å²) < 4.78 is 2.31. The lowest BCUT2D eigenvalue weighted by Gasteiger charge is -2.43. The van der Waals surface area contributed by atoms with Gasteiger partial charge in [0.05, 0.1) is 33.8 Å². The fourth-order valence-corrected chi connectivity index (χ4v) is 9.25. The highest BCUT2D eigenvalue weighted by Gasteiger charge is 2.37. The third-order valence-corrected chi connectivity index (χ3v) is 12.0. The Hall–Kier alpha value is -7.04. The average molecular weight is 733 g/mol. The van der Waals surface area contributed by atoms with E-state index < -0.39 is 0 Å². The van der Waals surface area contributed by atoms with Crippen molar-refractivity contribution in [3.05, 3.63) is 199 Å². The molecule has 3 heterocycles. The molecule has 0 unspecified atom stereocenters. The van der Waals surface area contributed by atoms with E-state index in [0.29, 0.717) is 5.95 Å². The predicted octanol–water partition coefficient (Wildman–Crippen LogP) is 13.7. The van der Waals surface area contributed by atoms with E-state index in [1.54, 1.807) is 0 Å². The van der Waals surface area contributed by atoms with Crippen LogP contribution in [0.25, 0.3) is 72.2 Å². The quantitative estimate of drug-likeness (QED) is 0.177. The van der Waals surface area contributed by atoms with Crippen LogP contribution >= 0.6 is 0 Å². The number of fused-ring (bicyclic) bond motifs is 7. The summed E-state index contributed by atoms with van der Waals surface area (Å²) in [6, 6.07) is 59.0. The first-order valence-electron chi connectivity index (χ1n) is 19.9. The van der Waals surface area contributed by atoms with Crippen molar-refractivity contribution in [3.8, 4) is 39.6 Å². The fourth-order valence-electron chi connectivity index (χ4n) is 9.25. The van der Waals surface area contributed by atoms with Gasteiger partial charge in [0.25, 0.3) is 0 Å². The topological polar surface area (TPSA) is 34.0 Å². The molecule has 4 nitrogen and oxygen atoms in total. The van der Waals surface area contributed by atoms with Gasteiger partial charge in [0, 0.05) is 38.6 Å². The van der Waals surface area contributed by atoms with Crippen LogP contribution < -0.4 is 4.90 Å². The van der Waals surface area contributed by atoms with Crippen LogP contribution in [-0.4, -0.2) is 14.5 Å². The molecule has 57 heavy (non-hydrogen) atoms. The molecule has 4 heteroatoms. The first-order chi connectivity index (χ1) is 28.0. The van der Waals surface area contributed by atoms with E-state index in [4.69, 9.17) is 9.97 Å². The van der Waals surface area contributed by atoms with Crippen LogP contribution in [0.2, 0.25) is 0 Å². The lowest BCUT2D eigenvalue weighted by atomic mass is 9.73. The van der Waals surface area contributed by atoms with Gasteiger partial charge < -0.3 is 4.90 Å². The van der Waals surface area contributed by atoms with E-state index in [0.717, 1.165) is 57.5 Å². The fraction of sp³-hybridized carbons (Fsp3) is 0.0943. The summed E-state index contributed by atoms with van der Waals surface area (Å²) in [6.07, 6.45) is 9.08. The van der Waals surface area contributed by atoms with Crippen molar-refractivity contribution in [2.45, 2.75) is 32.1 Å². The van der Waals surface area contributed by atoms with Crippen molar-refractivity contribution < 1.29 is 0 Å². The molecule has 9 aromatic rings. The third-order valence-electron chi connectivity index (χ3n) is 12.0. The molecule has 2 aromatic heterocycles. The number of benzene rings is 7. The summed E-state index contributed by atoms with van der Waals surface area (Å²) >= 11 is 0. The Balaban J connectivity index is 1.22. The summed E-state index contributed by atoms with van der Waals surface area (Å²) in [5.41, 5.74) is 14.5. The second-order valence-corrected chi connectivity index (χ2v) is 15.7. The van der Waals surface area contributed by atoms with Gasteiger partial charge in [-0.25, -0.2) is 9.97 Å². The number of anilines is 2. The average Bonchev–Trinajstić information content (AvgIpc) is 3.62. The van der Waals surface area contributed by atoms with Crippen LogP contribution in [0.4, 0.5) is 11.4 Å². The van der Waals surface area contributed by atoms with E-state index in [1.165, 1.54) is 49.7 Å². The monoisotopic (exact) mass is 732 g/mol. The first kappa shape index (κ1) is 33.3. The van der Waals surface area contributed by atoms with Gasteiger partial charge in [-0.1, -0.05) is 166 Å². The molecule has 1 aliphatic carbocycles. The Bertz CT molecular complexity index is 3040. The van der Waals surface area contributed by atoms with Crippen LogP contribution in [0.5, 0.6) is 0 Å². The smallest absolute Gasteiger partial charge is 0.235 e. The highest BCUT2D eigenvalue weighted by atomic mass is 15.2. The van der Waals surface area contributed by atoms with Gasteiger partial charge in [-0.15, -0.1) is 0 Å². The molecule has 0 saturated heterocycles. The Kier molecular flexibility index (Phi) is 7.62. The maximum Gasteiger partial charge on any atom is 0.235 e. The molecule has 0 amide bonds. The Morgan fingerprint density at radius 1 is 0.544 bits per heavy atom. The van der Waals surface area contributed by atoms with Gasteiger partial charge in [0.2, 0.25) is 5.95 Å². The second-order valence-electron chi connectivity index (χ2n) is 15.7. The van der Waals surface area contributed by atoms with Crippen molar-refractivity contribution in [1.29, 1.82) is 0 Å². The number of nitrogens with zero attached hydrogens (tertiary/aromatic N) is 4. The zero-order chi connectivity index (χ0) is 38.1. The zero-order valence-corrected chi connectivity index (χ0v) is 32.0. The van der Waals surface area contributed by atoms with Crippen LogP contribution in [-0.2, 0) is 5.41 Å². The summed E-state index contributed by atoms with van der Waals surface area (Å²) in [7, 11) is 0. The lowest BCUT2D eigenvalue weighted by Crippen LogP contribution is -2.32. The minimum Gasteiger partial charge on any atom is -0.310 e. The summed E-state index contributed by atoms with van der Waals surface area (Å²) in [6.45, 7) is 4.72. The van der Waals surface area contributed by atoms with E-state index >= 15 is 0 Å². The minimum atomic E-state index is -0.181. The van der Waals surface area contributed by atoms with E-state index in [2.05, 4.69) is 205 Å². The van der Waals surface area contributed by atoms with Crippen LogP contribution in [0, 0.1) is 0 Å². The first-order valence-corrected chi connectivity index (χ1v) is 19.9. The molecule has 7 aromatic carbocycles. The van der Waals surface area contributed by atoms with Gasteiger partial charge in [-0.2, -0.15) is 0 Å². The highest BCUT2D eigenvalue weighted by molar-refractivity contribution is 6.23. The predicted molar refractivity (Wildman–Crippen MR) is 237 cm³/mol. The van der Waals surface area contributed by atoms with Gasteiger partial charge in [-0.3, -0.25) is 4.57 Å². The van der Waals surface area contributed by atoms with E-state index in [9.17, 15) is 0 Å². The van der Waals surface area contributed by atoms with Gasteiger partial charge >= 0.3 is 0 Å². The molecular weight excluding hydrogens is 693 g/mol. The number of hydrogen-bond donors (Lipinski definition) is 0. The zero-order valence-electron chi connectivity index (χ0n) is 32.0. The van der Waals surface area contributed by atoms with Crippen molar-refractivity contribution in [2.24, 2.45) is 0 Å². The van der Waals surface area contributed by atoms with Gasteiger partial charge in [-0.05, 0) is 70.6 Å². The highest BCUT2D eigenvalue weighted by Crippen LogP contribution is 2.52. The molecule has 0 bridgehead atoms. The standard InChI is InChI=1S/C53H40N4/c1-53(2)43-27-14-15-28-47(43)56(39-22-10-5-11-23-39)49-33-38(29-31-44(49)53)41-25-16-26-42-50-40-24-13-12-17-35(40)30-32-48(50)57(51(41)42)52-54-45(36-18-6-3-7-19-36)34-46(55-52)37-20-8-4-9-21-37/h3-4,6-10,12-34H,5,11H2,1-2H3. The molecule has 272 valence electrons. The molecule has 0 fully saturated rings. The van der Waals surface area contributed by atoms with Crippen molar-refractivity contribution in [3.63, 3.8) is 0 Å². The van der Waals surface area contributed by atoms with Gasteiger partial charge in [0.15, 0.2) is 0 Å². The normalized spacial score (nSPS) is 14.5. The molecule has 0 spiro atoms. The van der Waals surface area contributed by atoms with Crippen molar-refractivity contribution >= 4 is 44.0 Å². The summed E-state index contributed by atoms with van der Waals surface area (Å²) in [5, 5.41) is 4.79. The Morgan fingerprint density at radius 3 is 1.98 bits per heavy atom. The largest absolute Gasteiger partial charge is 0.310 e. The van der Waals surface area contributed by atoms with Crippen molar-refractivity contribution in [1.82, 2.24) is 14.5 Å². The van der Waals surface area contributed by atoms with E-state index in [1.807, 2.05) is 0 Å².